The summed E-state index contributed by atoms with van der Waals surface area (Å²) in [5, 5.41) is 17.9. The Morgan fingerprint density at radius 2 is 1.61 bits per heavy atom. The molecule has 0 radical (unpaired) electrons. The third-order valence-corrected chi connectivity index (χ3v) is 10.9. The lowest BCUT2D eigenvalue weighted by Crippen LogP contribution is -2.59. The molecule has 3 saturated carbocycles. The Hall–Kier alpha value is -2.92. The van der Waals surface area contributed by atoms with E-state index in [1.54, 1.807) is 6.08 Å². The van der Waals surface area contributed by atoms with Crippen molar-refractivity contribution in [3.63, 3.8) is 0 Å². The molecule has 3 N–H and O–H groups in total. The molecule has 2 aromatic carbocycles. The van der Waals surface area contributed by atoms with E-state index in [1.165, 1.54) is 0 Å². The van der Waals surface area contributed by atoms with Crippen molar-refractivity contribution in [2.24, 2.45) is 34.5 Å². The summed E-state index contributed by atoms with van der Waals surface area (Å²) in [6.45, 7) is 4.69. The Labute approximate surface area is 226 Å². The third kappa shape index (κ3) is 4.10. The number of amides is 2. The Morgan fingerprint density at radius 3 is 2.32 bits per heavy atom. The Kier molecular flexibility index (Phi) is 6.46. The number of aliphatic hydroxyl groups is 1. The van der Waals surface area contributed by atoms with Crippen molar-refractivity contribution in [3.8, 4) is 0 Å². The molecule has 2 aromatic rings. The molecule has 5 nitrogen and oxygen atoms in total. The number of aliphatic hydroxyl groups excluding tert-OH is 1. The van der Waals surface area contributed by atoms with Gasteiger partial charge in [-0.2, -0.15) is 0 Å². The molecule has 38 heavy (non-hydrogen) atoms. The monoisotopic (exact) mass is 512 g/mol. The van der Waals surface area contributed by atoms with Gasteiger partial charge in [0.25, 0.3) is 0 Å². The van der Waals surface area contributed by atoms with Crippen LogP contribution in [0.4, 0.5) is 0 Å². The topological polar surface area (TPSA) is 78.4 Å². The first-order valence-corrected chi connectivity index (χ1v) is 14.4. The largest absolute Gasteiger partial charge is 0.386 e. The van der Waals surface area contributed by atoms with Gasteiger partial charge in [0.1, 0.15) is 6.10 Å². The highest BCUT2D eigenvalue weighted by Gasteiger charge is 2.61. The van der Waals surface area contributed by atoms with E-state index in [-0.39, 0.29) is 34.6 Å². The highest BCUT2D eigenvalue weighted by molar-refractivity contribution is 5.89. The normalized spacial score (nSPS) is 37.2. The molecule has 0 bridgehead atoms. The van der Waals surface area contributed by atoms with Crippen molar-refractivity contribution in [1.29, 1.82) is 0 Å². The highest BCUT2D eigenvalue weighted by Crippen LogP contribution is 2.65. The van der Waals surface area contributed by atoms with E-state index in [0.717, 1.165) is 49.7 Å². The molecule has 0 aromatic heterocycles. The number of rotatable bonds is 5. The summed E-state index contributed by atoms with van der Waals surface area (Å²) in [5.74, 6) is 1.67. The predicted molar refractivity (Wildman–Crippen MR) is 148 cm³/mol. The molecule has 0 spiro atoms. The van der Waals surface area contributed by atoms with Crippen LogP contribution in [0.15, 0.2) is 72.8 Å². The molecule has 200 valence electrons. The summed E-state index contributed by atoms with van der Waals surface area (Å²) in [7, 11) is 0. The first kappa shape index (κ1) is 25.4. The van der Waals surface area contributed by atoms with Crippen LogP contribution >= 0.6 is 0 Å². The second-order valence-electron chi connectivity index (χ2n) is 12.6. The Bertz CT molecular complexity index is 1210. The third-order valence-electron chi connectivity index (χ3n) is 10.9. The summed E-state index contributed by atoms with van der Waals surface area (Å²) in [6, 6.07) is 19.2. The quantitative estimate of drug-likeness (QED) is 0.496. The zero-order chi connectivity index (χ0) is 26.5. The lowest BCUT2D eigenvalue weighted by atomic mass is 9.48. The van der Waals surface area contributed by atoms with Crippen molar-refractivity contribution < 1.29 is 14.7 Å². The van der Waals surface area contributed by atoms with E-state index in [9.17, 15) is 14.7 Å². The zero-order valence-electron chi connectivity index (χ0n) is 22.5. The molecule has 0 saturated heterocycles. The lowest BCUT2D eigenvalue weighted by molar-refractivity contribution is -0.135. The van der Waals surface area contributed by atoms with Crippen molar-refractivity contribution in [2.45, 2.75) is 70.6 Å². The first-order chi connectivity index (χ1) is 18.3. The minimum Gasteiger partial charge on any atom is -0.386 e. The van der Waals surface area contributed by atoms with Crippen LogP contribution in [0.1, 0.15) is 75.6 Å². The number of carbonyl (C=O) groups excluding carboxylic acids is 2. The molecule has 9 atom stereocenters. The van der Waals surface area contributed by atoms with E-state index in [1.807, 2.05) is 60.7 Å². The van der Waals surface area contributed by atoms with Gasteiger partial charge in [-0.15, -0.1) is 0 Å². The standard InChI is InChI=1S/C33H40N2O3/c1-32-19-17-25-23(13-16-27-33(25,2)20-18-28(36)34-27)24(32)14-15-26(32)31(38)35-29(21-9-5-3-6-10-21)30(37)22-11-7-4-8-12-22/h3-12,18,20,23-27,29-30,37H,13-17,19H2,1-2H3,(H,34,36)(H,35,38)/t23-,24-,25+,26?,27?,29-,30-,32-,33+/m0/s1. The molecular weight excluding hydrogens is 472 g/mol. The fourth-order valence-electron chi connectivity index (χ4n) is 8.87. The van der Waals surface area contributed by atoms with E-state index in [4.69, 9.17) is 0 Å². The highest BCUT2D eigenvalue weighted by atomic mass is 16.3. The van der Waals surface area contributed by atoms with Gasteiger partial charge < -0.3 is 15.7 Å². The number of benzene rings is 2. The molecule has 6 rings (SSSR count). The number of hydrogen-bond acceptors (Lipinski definition) is 3. The molecule has 2 unspecified atom stereocenters. The molecule has 1 aliphatic heterocycles. The average Bonchev–Trinajstić information content (AvgIpc) is 3.30. The number of hydrogen-bond donors (Lipinski definition) is 3. The molecule has 2 amide bonds. The Balaban J connectivity index is 1.24. The van der Waals surface area contributed by atoms with Crippen LogP contribution in [0.25, 0.3) is 0 Å². The SMILES string of the molecule is C[C@]12C=CC(=O)NC1CC[C@@H]1[C@H]2CC[C@]2(C)C(C(=O)N[C@@H](c3ccccc3)[C@@H](O)c3ccccc3)CC[C@@H]12. The van der Waals surface area contributed by atoms with Gasteiger partial charge >= 0.3 is 0 Å². The van der Waals surface area contributed by atoms with Crippen LogP contribution in [0, 0.1) is 34.5 Å². The van der Waals surface area contributed by atoms with Gasteiger partial charge in [-0.3, -0.25) is 9.59 Å². The van der Waals surface area contributed by atoms with Gasteiger partial charge in [0.05, 0.1) is 6.04 Å². The van der Waals surface area contributed by atoms with E-state index < -0.39 is 12.1 Å². The minimum atomic E-state index is -0.827. The van der Waals surface area contributed by atoms with Crippen LogP contribution in [-0.4, -0.2) is 23.0 Å². The summed E-state index contributed by atoms with van der Waals surface area (Å²) < 4.78 is 0. The minimum absolute atomic E-state index is 0.00327. The van der Waals surface area contributed by atoms with Crippen LogP contribution in [0.2, 0.25) is 0 Å². The van der Waals surface area contributed by atoms with Crippen LogP contribution in [0.3, 0.4) is 0 Å². The van der Waals surface area contributed by atoms with Crippen molar-refractivity contribution in [3.05, 3.63) is 83.9 Å². The summed E-state index contributed by atoms with van der Waals surface area (Å²) >= 11 is 0. The number of nitrogens with one attached hydrogen (secondary N) is 2. The molecule has 3 aliphatic carbocycles. The Morgan fingerprint density at radius 1 is 0.921 bits per heavy atom. The van der Waals surface area contributed by atoms with Crippen molar-refractivity contribution in [1.82, 2.24) is 10.6 Å². The summed E-state index contributed by atoms with van der Waals surface area (Å²) in [5.41, 5.74) is 1.67. The molecule has 3 fully saturated rings. The molecule has 5 heteroatoms. The van der Waals surface area contributed by atoms with Gasteiger partial charge in [0, 0.05) is 17.4 Å². The van der Waals surface area contributed by atoms with Crippen molar-refractivity contribution in [2.75, 3.05) is 0 Å². The van der Waals surface area contributed by atoms with E-state index in [0.29, 0.717) is 17.8 Å². The van der Waals surface area contributed by atoms with Crippen LogP contribution in [-0.2, 0) is 9.59 Å². The van der Waals surface area contributed by atoms with Crippen molar-refractivity contribution >= 4 is 11.8 Å². The van der Waals surface area contributed by atoms with Crippen LogP contribution < -0.4 is 10.6 Å². The van der Waals surface area contributed by atoms with Gasteiger partial charge in [-0.05, 0) is 78.9 Å². The smallest absolute Gasteiger partial charge is 0.243 e. The van der Waals surface area contributed by atoms with Gasteiger partial charge in [0.2, 0.25) is 11.8 Å². The second-order valence-corrected chi connectivity index (χ2v) is 12.6. The zero-order valence-corrected chi connectivity index (χ0v) is 22.5. The average molecular weight is 513 g/mol. The fourth-order valence-corrected chi connectivity index (χ4v) is 8.87. The number of fused-ring (bicyclic) bond motifs is 5. The maximum absolute atomic E-state index is 14.0. The molecule has 1 heterocycles. The van der Waals surface area contributed by atoms with Crippen LogP contribution in [0.5, 0.6) is 0 Å². The molecule has 4 aliphatic rings. The predicted octanol–water partition coefficient (Wildman–Crippen LogP) is 5.49. The maximum atomic E-state index is 14.0. The van der Waals surface area contributed by atoms with E-state index in [2.05, 4.69) is 30.6 Å². The first-order valence-electron chi connectivity index (χ1n) is 14.4. The van der Waals surface area contributed by atoms with Gasteiger partial charge in [-0.25, -0.2) is 0 Å². The second kappa shape index (κ2) is 9.68. The van der Waals surface area contributed by atoms with E-state index >= 15 is 0 Å². The summed E-state index contributed by atoms with van der Waals surface area (Å²) in [6.07, 6.45) is 9.30. The summed E-state index contributed by atoms with van der Waals surface area (Å²) in [4.78, 5) is 26.1. The van der Waals surface area contributed by atoms with Gasteiger partial charge in [-0.1, -0.05) is 80.6 Å². The maximum Gasteiger partial charge on any atom is 0.243 e. The van der Waals surface area contributed by atoms with Gasteiger partial charge in [0.15, 0.2) is 0 Å². The molecular formula is C33H40N2O3. The fraction of sp³-hybridized carbons (Fsp3) is 0.515. The lowest BCUT2D eigenvalue weighted by Gasteiger charge is -2.58. The number of carbonyl (C=O) groups is 2.